The zero-order chi connectivity index (χ0) is 12.7. The molecule has 0 heterocycles. The van der Waals surface area contributed by atoms with Gasteiger partial charge in [-0.3, -0.25) is 0 Å². The van der Waals surface area contributed by atoms with E-state index in [1.165, 1.54) is 0 Å². The minimum Gasteiger partial charge on any atom is -0.387 e. The summed E-state index contributed by atoms with van der Waals surface area (Å²) in [5, 5.41) is 10.7. The van der Waals surface area contributed by atoms with Crippen LogP contribution in [0.25, 0.3) is 0 Å². The van der Waals surface area contributed by atoms with Crippen LogP contribution in [-0.4, -0.2) is 30.7 Å². The van der Waals surface area contributed by atoms with Gasteiger partial charge in [0.1, 0.15) is 6.10 Å². The molecule has 0 saturated heterocycles. The number of hydrogen-bond donors (Lipinski definition) is 1. The van der Waals surface area contributed by atoms with Gasteiger partial charge in [0.2, 0.25) is 0 Å². The maximum absolute atomic E-state index is 10.0. The number of benzene rings is 1. The first-order chi connectivity index (χ1) is 8.17. The van der Waals surface area contributed by atoms with Crippen LogP contribution in [-0.2, 0) is 15.9 Å². The Bertz CT molecular complexity index is 307. The molecule has 0 aromatic heterocycles. The Labute approximate surface area is 107 Å². The zero-order valence-corrected chi connectivity index (χ0v) is 11.0. The predicted octanol–water partition coefficient (Wildman–Crippen LogP) is 2.64. The summed E-state index contributed by atoms with van der Waals surface area (Å²) in [5.41, 5.74) is 1.01. The van der Waals surface area contributed by atoms with Crippen LogP contribution >= 0.6 is 11.6 Å². The summed E-state index contributed by atoms with van der Waals surface area (Å²) in [7, 11) is 0. The van der Waals surface area contributed by atoms with Crippen molar-refractivity contribution in [1.29, 1.82) is 0 Å². The van der Waals surface area contributed by atoms with Crippen molar-refractivity contribution in [3.63, 3.8) is 0 Å². The average Bonchev–Trinajstić information content (AvgIpc) is 2.32. The van der Waals surface area contributed by atoms with E-state index < -0.39 is 12.4 Å². The first-order valence-electron chi connectivity index (χ1n) is 5.83. The van der Waals surface area contributed by atoms with E-state index >= 15 is 0 Å². The van der Waals surface area contributed by atoms with E-state index in [0.717, 1.165) is 5.56 Å². The molecule has 1 unspecified atom stereocenters. The lowest BCUT2D eigenvalue weighted by Gasteiger charge is -2.22. The molecule has 1 rings (SSSR count). The van der Waals surface area contributed by atoms with Crippen molar-refractivity contribution >= 4 is 11.6 Å². The third-order valence-corrected chi connectivity index (χ3v) is 2.59. The van der Waals surface area contributed by atoms with Crippen LogP contribution in [0.5, 0.6) is 0 Å². The smallest absolute Gasteiger partial charge is 0.183 e. The maximum Gasteiger partial charge on any atom is 0.183 e. The number of ether oxygens (including phenoxy) is 2. The molecule has 1 aromatic carbocycles. The van der Waals surface area contributed by atoms with Crippen molar-refractivity contribution in [3.05, 3.63) is 34.9 Å². The van der Waals surface area contributed by atoms with E-state index in [1.807, 2.05) is 26.0 Å². The third kappa shape index (κ3) is 5.04. The fourth-order valence-corrected chi connectivity index (χ4v) is 1.68. The van der Waals surface area contributed by atoms with Crippen LogP contribution in [0.4, 0.5) is 0 Å². The minimum atomic E-state index is -0.670. The largest absolute Gasteiger partial charge is 0.387 e. The van der Waals surface area contributed by atoms with Gasteiger partial charge in [0.05, 0.1) is 0 Å². The predicted molar refractivity (Wildman–Crippen MR) is 68.2 cm³/mol. The minimum absolute atomic E-state index is 0.488. The van der Waals surface area contributed by atoms with Crippen molar-refractivity contribution in [3.8, 4) is 0 Å². The van der Waals surface area contributed by atoms with Gasteiger partial charge in [-0.25, -0.2) is 0 Å². The first-order valence-corrected chi connectivity index (χ1v) is 6.20. The Hall–Kier alpha value is -0.610. The molecule has 1 atom stereocenters. The summed E-state index contributed by atoms with van der Waals surface area (Å²) in [4.78, 5) is 0. The lowest BCUT2D eigenvalue weighted by Crippen LogP contribution is -2.33. The summed E-state index contributed by atoms with van der Waals surface area (Å²) in [6.07, 6.45) is -0.751. The standard InChI is InChI=1S/C13H19ClO3/c1-3-16-13(17-4-2)12(15)9-10-5-7-11(14)8-6-10/h5-8,12-13,15H,3-4,9H2,1-2H3. The fraction of sp³-hybridized carbons (Fsp3) is 0.538. The van der Waals surface area contributed by atoms with Crippen molar-refractivity contribution in [2.24, 2.45) is 0 Å². The van der Waals surface area contributed by atoms with Crippen molar-refractivity contribution in [1.82, 2.24) is 0 Å². The molecule has 0 fully saturated rings. The number of aliphatic hydroxyl groups excluding tert-OH is 1. The van der Waals surface area contributed by atoms with E-state index in [9.17, 15) is 5.11 Å². The summed E-state index contributed by atoms with van der Waals surface area (Å²) in [6.45, 7) is 4.78. The molecular weight excluding hydrogens is 240 g/mol. The number of aliphatic hydroxyl groups is 1. The highest BCUT2D eigenvalue weighted by Crippen LogP contribution is 2.13. The van der Waals surface area contributed by atoms with Gasteiger partial charge in [0, 0.05) is 24.7 Å². The van der Waals surface area contributed by atoms with E-state index in [4.69, 9.17) is 21.1 Å². The second kappa shape index (κ2) is 7.67. The highest BCUT2D eigenvalue weighted by atomic mass is 35.5. The van der Waals surface area contributed by atoms with E-state index in [1.54, 1.807) is 12.1 Å². The van der Waals surface area contributed by atoms with E-state index in [0.29, 0.717) is 24.7 Å². The summed E-state index contributed by atoms with van der Waals surface area (Å²) < 4.78 is 10.7. The number of halogens is 1. The SMILES string of the molecule is CCOC(OCC)C(O)Cc1ccc(Cl)cc1. The molecule has 0 saturated carbocycles. The van der Waals surface area contributed by atoms with Gasteiger partial charge in [0.15, 0.2) is 6.29 Å². The maximum atomic E-state index is 10.0. The topological polar surface area (TPSA) is 38.7 Å². The highest BCUT2D eigenvalue weighted by molar-refractivity contribution is 6.30. The highest BCUT2D eigenvalue weighted by Gasteiger charge is 2.19. The van der Waals surface area contributed by atoms with E-state index in [-0.39, 0.29) is 0 Å². The Morgan fingerprint density at radius 3 is 2.12 bits per heavy atom. The van der Waals surface area contributed by atoms with E-state index in [2.05, 4.69) is 0 Å². The Kier molecular flexibility index (Phi) is 6.52. The molecule has 96 valence electrons. The number of rotatable bonds is 7. The molecule has 0 spiro atoms. The Morgan fingerprint density at radius 1 is 1.12 bits per heavy atom. The zero-order valence-electron chi connectivity index (χ0n) is 10.2. The second-order valence-electron chi connectivity index (χ2n) is 3.68. The first kappa shape index (κ1) is 14.5. The second-order valence-corrected chi connectivity index (χ2v) is 4.11. The van der Waals surface area contributed by atoms with Gasteiger partial charge in [0.25, 0.3) is 0 Å². The Balaban J connectivity index is 2.55. The monoisotopic (exact) mass is 258 g/mol. The molecule has 0 amide bonds. The molecule has 1 aromatic rings. The van der Waals surface area contributed by atoms with Crippen LogP contribution in [0.2, 0.25) is 5.02 Å². The van der Waals surface area contributed by atoms with Crippen molar-refractivity contribution < 1.29 is 14.6 Å². The van der Waals surface area contributed by atoms with Crippen LogP contribution in [0.15, 0.2) is 24.3 Å². The van der Waals surface area contributed by atoms with Crippen LogP contribution in [0.3, 0.4) is 0 Å². The summed E-state index contributed by atoms with van der Waals surface area (Å²) in [5.74, 6) is 0. The van der Waals surface area contributed by atoms with Crippen molar-refractivity contribution in [2.75, 3.05) is 13.2 Å². The molecule has 4 heteroatoms. The molecule has 0 bridgehead atoms. The molecule has 0 radical (unpaired) electrons. The van der Waals surface area contributed by atoms with Crippen LogP contribution in [0, 0.1) is 0 Å². The Morgan fingerprint density at radius 2 is 1.65 bits per heavy atom. The summed E-state index contributed by atoms with van der Waals surface area (Å²) in [6, 6.07) is 7.39. The third-order valence-electron chi connectivity index (χ3n) is 2.33. The molecule has 0 aliphatic heterocycles. The molecule has 3 nitrogen and oxygen atoms in total. The van der Waals surface area contributed by atoms with Gasteiger partial charge in [-0.15, -0.1) is 0 Å². The van der Waals surface area contributed by atoms with Crippen LogP contribution in [0.1, 0.15) is 19.4 Å². The lowest BCUT2D eigenvalue weighted by molar-refractivity contribution is -0.188. The van der Waals surface area contributed by atoms with Gasteiger partial charge in [-0.05, 0) is 31.5 Å². The normalized spacial score (nSPS) is 13.0. The molecule has 17 heavy (non-hydrogen) atoms. The lowest BCUT2D eigenvalue weighted by atomic mass is 10.1. The molecular formula is C13H19ClO3. The van der Waals surface area contributed by atoms with Gasteiger partial charge < -0.3 is 14.6 Å². The summed E-state index contributed by atoms with van der Waals surface area (Å²) >= 11 is 5.80. The van der Waals surface area contributed by atoms with Gasteiger partial charge >= 0.3 is 0 Å². The fourth-order valence-electron chi connectivity index (χ4n) is 1.56. The van der Waals surface area contributed by atoms with Crippen LogP contribution < -0.4 is 0 Å². The number of hydrogen-bond acceptors (Lipinski definition) is 3. The average molecular weight is 259 g/mol. The quantitative estimate of drug-likeness (QED) is 0.764. The van der Waals surface area contributed by atoms with Gasteiger partial charge in [-0.2, -0.15) is 0 Å². The molecule has 0 aliphatic carbocycles. The molecule has 0 aliphatic rings. The van der Waals surface area contributed by atoms with Gasteiger partial charge in [-0.1, -0.05) is 23.7 Å². The van der Waals surface area contributed by atoms with Crippen molar-refractivity contribution in [2.45, 2.75) is 32.7 Å². The molecule has 1 N–H and O–H groups in total.